The largest absolute Gasteiger partial charge is 0.416 e. The predicted octanol–water partition coefficient (Wildman–Crippen LogP) is 6.52. The molecule has 0 radical (unpaired) electrons. The SMILES string of the molecule is CC(NCC(Cc1ccccc1)NS(=O)(=O)c1ccc(C(F)(F)F)cc1)c1cccc2ccccc12.Cl. The zero-order valence-corrected chi connectivity index (χ0v) is 21.7. The second kappa shape index (κ2) is 12.1. The molecule has 2 N–H and O–H groups in total. The third-order valence-electron chi connectivity index (χ3n) is 6.10. The van der Waals surface area contributed by atoms with Crippen LogP contribution in [0.25, 0.3) is 10.8 Å². The lowest BCUT2D eigenvalue weighted by Gasteiger charge is -2.23. The van der Waals surface area contributed by atoms with Crippen LogP contribution < -0.4 is 10.0 Å². The van der Waals surface area contributed by atoms with Crippen LogP contribution in [0, 0.1) is 0 Å². The molecule has 2 atom stereocenters. The number of fused-ring (bicyclic) bond motifs is 1. The number of halogens is 4. The molecule has 0 saturated heterocycles. The van der Waals surface area contributed by atoms with E-state index in [0.717, 1.165) is 46.2 Å². The molecule has 37 heavy (non-hydrogen) atoms. The quantitative estimate of drug-likeness (QED) is 0.250. The van der Waals surface area contributed by atoms with Gasteiger partial charge >= 0.3 is 6.18 Å². The summed E-state index contributed by atoms with van der Waals surface area (Å²) in [6.45, 7) is 2.34. The van der Waals surface area contributed by atoms with Crippen molar-refractivity contribution in [2.24, 2.45) is 0 Å². The van der Waals surface area contributed by atoms with E-state index in [2.05, 4.69) is 16.1 Å². The third-order valence-corrected chi connectivity index (χ3v) is 7.64. The molecule has 4 nitrogen and oxygen atoms in total. The molecule has 0 saturated carbocycles. The summed E-state index contributed by atoms with van der Waals surface area (Å²) in [4.78, 5) is -0.212. The molecule has 0 amide bonds. The van der Waals surface area contributed by atoms with E-state index in [-0.39, 0.29) is 23.3 Å². The standard InChI is InChI=1S/C28H27F3N2O2S.ClH/c1-20(26-13-7-11-22-10-5-6-12-27(22)26)32-19-24(18-21-8-3-2-4-9-21)33-36(34,35)25-16-14-23(15-17-25)28(29,30)31;/h2-17,20,24,32-33H,18-19H2,1H3;1H. The van der Waals surface area contributed by atoms with Gasteiger partial charge < -0.3 is 5.32 Å². The fourth-order valence-electron chi connectivity index (χ4n) is 4.22. The van der Waals surface area contributed by atoms with Gasteiger partial charge in [-0.05, 0) is 59.5 Å². The van der Waals surface area contributed by atoms with E-state index in [0.29, 0.717) is 13.0 Å². The Hall–Kier alpha value is -2.91. The fraction of sp³-hybridized carbons (Fsp3) is 0.214. The van der Waals surface area contributed by atoms with Crippen LogP contribution in [0.15, 0.2) is 102 Å². The molecule has 4 aromatic carbocycles. The molecule has 4 aromatic rings. The fourth-order valence-corrected chi connectivity index (χ4v) is 5.46. The van der Waals surface area contributed by atoms with Crippen LogP contribution in [-0.2, 0) is 22.6 Å². The topological polar surface area (TPSA) is 58.2 Å². The number of hydrogen-bond donors (Lipinski definition) is 2. The Balaban J connectivity index is 0.00000380. The van der Waals surface area contributed by atoms with Crippen LogP contribution in [0.2, 0.25) is 0 Å². The van der Waals surface area contributed by atoms with Crippen molar-refractivity contribution in [1.82, 2.24) is 10.0 Å². The number of nitrogens with one attached hydrogen (secondary N) is 2. The molecule has 4 rings (SSSR count). The van der Waals surface area contributed by atoms with Gasteiger partial charge in [-0.3, -0.25) is 0 Å². The summed E-state index contributed by atoms with van der Waals surface area (Å²) >= 11 is 0. The van der Waals surface area contributed by atoms with E-state index in [4.69, 9.17) is 0 Å². The first-order chi connectivity index (χ1) is 17.1. The Morgan fingerprint density at radius 3 is 2.11 bits per heavy atom. The number of hydrogen-bond acceptors (Lipinski definition) is 3. The van der Waals surface area contributed by atoms with E-state index in [1.807, 2.05) is 73.7 Å². The van der Waals surface area contributed by atoms with E-state index >= 15 is 0 Å². The van der Waals surface area contributed by atoms with Crippen molar-refractivity contribution in [2.75, 3.05) is 6.54 Å². The Kier molecular flexibility index (Phi) is 9.36. The molecule has 2 unspecified atom stereocenters. The highest BCUT2D eigenvalue weighted by Crippen LogP contribution is 2.30. The maximum atomic E-state index is 13.1. The van der Waals surface area contributed by atoms with Gasteiger partial charge in [-0.2, -0.15) is 13.2 Å². The number of benzene rings is 4. The second-order valence-corrected chi connectivity index (χ2v) is 10.4. The molecule has 196 valence electrons. The molecule has 0 aliphatic rings. The van der Waals surface area contributed by atoms with Crippen LogP contribution in [0.5, 0.6) is 0 Å². The first-order valence-corrected chi connectivity index (χ1v) is 13.1. The highest BCUT2D eigenvalue weighted by atomic mass is 35.5. The van der Waals surface area contributed by atoms with E-state index in [9.17, 15) is 21.6 Å². The maximum absolute atomic E-state index is 13.1. The van der Waals surface area contributed by atoms with Gasteiger partial charge in [0.15, 0.2) is 0 Å². The summed E-state index contributed by atoms with van der Waals surface area (Å²) in [5.74, 6) is 0. The van der Waals surface area contributed by atoms with Gasteiger partial charge in [-0.15, -0.1) is 12.4 Å². The second-order valence-electron chi connectivity index (χ2n) is 8.73. The van der Waals surface area contributed by atoms with Gasteiger partial charge in [-0.1, -0.05) is 72.8 Å². The average molecular weight is 549 g/mol. The lowest BCUT2D eigenvalue weighted by molar-refractivity contribution is -0.137. The van der Waals surface area contributed by atoms with Gasteiger partial charge in [0.2, 0.25) is 10.0 Å². The van der Waals surface area contributed by atoms with Gasteiger partial charge in [0.05, 0.1) is 10.5 Å². The van der Waals surface area contributed by atoms with Gasteiger partial charge in [-0.25, -0.2) is 13.1 Å². The van der Waals surface area contributed by atoms with Crippen LogP contribution >= 0.6 is 12.4 Å². The van der Waals surface area contributed by atoms with Crippen molar-refractivity contribution in [3.8, 4) is 0 Å². The van der Waals surface area contributed by atoms with E-state index in [1.165, 1.54) is 0 Å². The Labute approximate surface area is 221 Å². The first-order valence-electron chi connectivity index (χ1n) is 11.6. The summed E-state index contributed by atoms with van der Waals surface area (Å²) < 4.78 is 67.5. The molecule has 0 spiro atoms. The lowest BCUT2D eigenvalue weighted by atomic mass is 9.99. The van der Waals surface area contributed by atoms with Crippen molar-refractivity contribution in [3.63, 3.8) is 0 Å². The molecule has 0 aromatic heterocycles. The van der Waals surface area contributed by atoms with Crippen molar-refractivity contribution in [3.05, 3.63) is 114 Å². The third kappa shape index (κ3) is 7.32. The summed E-state index contributed by atoms with van der Waals surface area (Å²) in [5, 5.41) is 5.67. The van der Waals surface area contributed by atoms with Gasteiger partial charge in [0.25, 0.3) is 0 Å². The molecule has 0 fully saturated rings. The summed E-state index contributed by atoms with van der Waals surface area (Å²) in [5.41, 5.74) is 1.14. The number of alkyl halides is 3. The molecular formula is C28H28ClF3N2O2S. The smallest absolute Gasteiger partial charge is 0.309 e. The zero-order chi connectivity index (χ0) is 25.8. The molecule has 0 aliphatic heterocycles. The summed E-state index contributed by atoms with van der Waals surface area (Å²) in [6, 6.07) is 26.5. The van der Waals surface area contributed by atoms with Crippen molar-refractivity contribution >= 4 is 33.2 Å². The highest BCUT2D eigenvalue weighted by Gasteiger charge is 2.31. The number of rotatable bonds is 9. The Morgan fingerprint density at radius 2 is 1.43 bits per heavy atom. The molecule has 0 aliphatic carbocycles. The van der Waals surface area contributed by atoms with Crippen LogP contribution in [0.3, 0.4) is 0 Å². The summed E-state index contributed by atoms with van der Waals surface area (Å²) in [6.07, 6.45) is -4.12. The van der Waals surface area contributed by atoms with Crippen molar-refractivity contribution in [2.45, 2.75) is 36.5 Å². The molecule has 0 bridgehead atoms. The molecule has 9 heteroatoms. The van der Waals surface area contributed by atoms with E-state index in [1.54, 1.807) is 0 Å². The van der Waals surface area contributed by atoms with Crippen molar-refractivity contribution in [1.29, 1.82) is 0 Å². The summed E-state index contributed by atoms with van der Waals surface area (Å²) in [7, 11) is -4.05. The monoisotopic (exact) mass is 548 g/mol. The highest BCUT2D eigenvalue weighted by molar-refractivity contribution is 7.89. The Morgan fingerprint density at radius 1 is 0.811 bits per heavy atom. The van der Waals surface area contributed by atoms with Gasteiger partial charge in [0.1, 0.15) is 0 Å². The van der Waals surface area contributed by atoms with Crippen LogP contribution in [-0.4, -0.2) is 21.0 Å². The average Bonchev–Trinajstić information content (AvgIpc) is 2.87. The normalized spacial score (nSPS) is 13.6. The first kappa shape index (κ1) is 28.7. The van der Waals surface area contributed by atoms with Crippen LogP contribution in [0.4, 0.5) is 13.2 Å². The van der Waals surface area contributed by atoms with E-state index < -0.39 is 27.8 Å². The van der Waals surface area contributed by atoms with Crippen molar-refractivity contribution < 1.29 is 21.6 Å². The minimum absolute atomic E-state index is 0. The Bertz CT molecular complexity index is 1410. The lowest BCUT2D eigenvalue weighted by Crippen LogP contribution is -2.44. The molecular weight excluding hydrogens is 521 g/mol. The predicted molar refractivity (Wildman–Crippen MR) is 143 cm³/mol. The zero-order valence-electron chi connectivity index (χ0n) is 20.1. The minimum atomic E-state index is -4.53. The minimum Gasteiger partial charge on any atom is -0.309 e. The van der Waals surface area contributed by atoms with Crippen LogP contribution in [0.1, 0.15) is 29.7 Å². The molecule has 0 heterocycles. The number of sulfonamides is 1. The van der Waals surface area contributed by atoms with Gasteiger partial charge in [0, 0.05) is 18.6 Å². The maximum Gasteiger partial charge on any atom is 0.416 e.